The number of alkyl halides is 3. The molecule has 0 amide bonds. The van der Waals surface area contributed by atoms with Crippen molar-refractivity contribution in [1.82, 2.24) is 0 Å². The van der Waals surface area contributed by atoms with Crippen molar-refractivity contribution in [3.63, 3.8) is 0 Å². The van der Waals surface area contributed by atoms with Crippen molar-refractivity contribution < 1.29 is 27.4 Å². The van der Waals surface area contributed by atoms with E-state index >= 15 is 0 Å². The fraction of sp³-hybridized carbons (Fsp3) is 0.308. The predicted molar refractivity (Wildman–Crippen MR) is 62.7 cm³/mol. The highest BCUT2D eigenvalue weighted by Crippen LogP contribution is 2.31. The van der Waals surface area contributed by atoms with Crippen LogP contribution in [0, 0.1) is 0 Å². The lowest BCUT2D eigenvalue weighted by Crippen LogP contribution is -2.06. The molecule has 3 nitrogen and oxygen atoms in total. The summed E-state index contributed by atoms with van der Waals surface area (Å²) in [5, 5.41) is 0. The molecule has 0 spiro atoms. The molecule has 0 saturated heterocycles. The van der Waals surface area contributed by atoms with Gasteiger partial charge in [0.2, 0.25) is 0 Å². The predicted octanol–water partition coefficient (Wildman–Crippen LogP) is 3.20. The summed E-state index contributed by atoms with van der Waals surface area (Å²) in [7, 11) is 1.24. The SMILES string of the molecule is COC(=O)C(C)=CCOc1cccc(C(F)(F)F)c1. The number of hydrogen-bond acceptors (Lipinski definition) is 3. The van der Waals surface area contributed by atoms with Crippen LogP contribution in [0.5, 0.6) is 5.75 Å². The lowest BCUT2D eigenvalue weighted by Gasteiger charge is -2.09. The van der Waals surface area contributed by atoms with Crippen LogP contribution in [0.4, 0.5) is 13.2 Å². The molecule has 0 fully saturated rings. The number of carbonyl (C=O) groups excluding carboxylic acids is 1. The van der Waals surface area contributed by atoms with E-state index in [1.54, 1.807) is 0 Å². The molecule has 1 rings (SSSR count). The lowest BCUT2D eigenvalue weighted by molar-refractivity contribution is -0.138. The van der Waals surface area contributed by atoms with Gasteiger partial charge in [-0.25, -0.2) is 4.79 Å². The van der Waals surface area contributed by atoms with Gasteiger partial charge in [-0.2, -0.15) is 13.2 Å². The van der Waals surface area contributed by atoms with Gasteiger partial charge in [-0.3, -0.25) is 0 Å². The largest absolute Gasteiger partial charge is 0.490 e. The van der Waals surface area contributed by atoms with Crippen LogP contribution < -0.4 is 4.74 Å². The van der Waals surface area contributed by atoms with E-state index in [-0.39, 0.29) is 12.4 Å². The van der Waals surface area contributed by atoms with Gasteiger partial charge in [-0.15, -0.1) is 0 Å². The van der Waals surface area contributed by atoms with Gasteiger partial charge < -0.3 is 9.47 Å². The van der Waals surface area contributed by atoms with E-state index in [2.05, 4.69) is 4.74 Å². The molecular formula is C13H13F3O3. The molecule has 1 aromatic rings. The quantitative estimate of drug-likeness (QED) is 0.624. The number of methoxy groups -OCH3 is 1. The van der Waals surface area contributed by atoms with Crippen LogP contribution in [0.15, 0.2) is 35.9 Å². The molecule has 0 bridgehead atoms. The average molecular weight is 274 g/mol. The zero-order chi connectivity index (χ0) is 14.5. The molecule has 0 aromatic heterocycles. The van der Waals surface area contributed by atoms with Crippen LogP contribution in [0.2, 0.25) is 0 Å². The van der Waals surface area contributed by atoms with Gasteiger partial charge in [-0.1, -0.05) is 6.07 Å². The van der Waals surface area contributed by atoms with Gasteiger partial charge >= 0.3 is 12.1 Å². The van der Waals surface area contributed by atoms with Crippen molar-refractivity contribution >= 4 is 5.97 Å². The monoisotopic (exact) mass is 274 g/mol. The fourth-order valence-corrected chi connectivity index (χ4v) is 1.27. The highest BCUT2D eigenvalue weighted by atomic mass is 19.4. The van der Waals surface area contributed by atoms with E-state index in [9.17, 15) is 18.0 Å². The zero-order valence-corrected chi connectivity index (χ0v) is 10.5. The topological polar surface area (TPSA) is 35.5 Å². The number of ether oxygens (including phenoxy) is 2. The second-order valence-corrected chi connectivity index (χ2v) is 3.72. The first-order valence-corrected chi connectivity index (χ1v) is 5.39. The maximum absolute atomic E-state index is 12.4. The summed E-state index contributed by atoms with van der Waals surface area (Å²) in [4.78, 5) is 11.0. The van der Waals surface area contributed by atoms with Gasteiger partial charge in [-0.05, 0) is 31.2 Å². The molecule has 0 atom stereocenters. The van der Waals surface area contributed by atoms with Crippen molar-refractivity contribution in [1.29, 1.82) is 0 Å². The molecule has 0 aliphatic rings. The number of halogens is 3. The number of benzene rings is 1. The van der Waals surface area contributed by atoms with Gasteiger partial charge in [0.15, 0.2) is 0 Å². The van der Waals surface area contributed by atoms with E-state index < -0.39 is 17.7 Å². The molecule has 19 heavy (non-hydrogen) atoms. The van der Waals surface area contributed by atoms with Gasteiger partial charge in [0.1, 0.15) is 12.4 Å². The minimum Gasteiger partial charge on any atom is -0.490 e. The van der Waals surface area contributed by atoms with Crippen LogP contribution in [0.25, 0.3) is 0 Å². The van der Waals surface area contributed by atoms with Crippen molar-refractivity contribution in [2.45, 2.75) is 13.1 Å². The van der Waals surface area contributed by atoms with E-state index in [0.717, 1.165) is 12.1 Å². The third-order valence-corrected chi connectivity index (χ3v) is 2.31. The summed E-state index contributed by atoms with van der Waals surface area (Å²) < 4.78 is 46.9. The lowest BCUT2D eigenvalue weighted by atomic mass is 10.2. The second kappa shape index (κ2) is 6.26. The molecule has 6 heteroatoms. The average Bonchev–Trinajstić information content (AvgIpc) is 2.37. The van der Waals surface area contributed by atoms with E-state index in [1.165, 1.54) is 32.2 Å². The van der Waals surface area contributed by atoms with Crippen molar-refractivity contribution in [2.24, 2.45) is 0 Å². The molecule has 0 heterocycles. The fourth-order valence-electron chi connectivity index (χ4n) is 1.27. The molecule has 0 aliphatic heterocycles. The zero-order valence-electron chi connectivity index (χ0n) is 10.5. The van der Waals surface area contributed by atoms with Crippen molar-refractivity contribution in [2.75, 3.05) is 13.7 Å². The molecule has 0 saturated carbocycles. The Kier molecular flexibility index (Phi) is 4.97. The van der Waals surface area contributed by atoms with Crippen LogP contribution in [-0.2, 0) is 15.7 Å². The van der Waals surface area contributed by atoms with Crippen molar-refractivity contribution in [3.8, 4) is 5.75 Å². The van der Waals surface area contributed by atoms with Crippen LogP contribution in [0.3, 0.4) is 0 Å². The Bertz CT molecular complexity index is 478. The summed E-state index contributed by atoms with van der Waals surface area (Å²) in [6.45, 7) is 1.52. The van der Waals surface area contributed by atoms with Gasteiger partial charge in [0, 0.05) is 5.57 Å². The van der Waals surface area contributed by atoms with E-state index in [0.29, 0.717) is 5.57 Å². The third kappa shape index (κ3) is 4.65. The highest BCUT2D eigenvalue weighted by Gasteiger charge is 2.30. The first kappa shape index (κ1) is 15.1. The Hall–Kier alpha value is -1.98. The Morgan fingerprint density at radius 1 is 1.37 bits per heavy atom. The number of hydrogen-bond donors (Lipinski definition) is 0. The smallest absolute Gasteiger partial charge is 0.416 e. The third-order valence-electron chi connectivity index (χ3n) is 2.31. The molecule has 0 radical (unpaired) electrons. The summed E-state index contributed by atoms with van der Waals surface area (Å²) in [6.07, 6.45) is -2.97. The highest BCUT2D eigenvalue weighted by molar-refractivity contribution is 5.87. The van der Waals surface area contributed by atoms with Crippen molar-refractivity contribution in [3.05, 3.63) is 41.5 Å². The van der Waals surface area contributed by atoms with Crippen LogP contribution in [-0.4, -0.2) is 19.7 Å². The maximum Gasteiger partial charge on any atom is 0.416 e. The summed E-state index contributed by atoms with van der Waals surface area (Å²) in [5.41, 5.74) is -0.451. The summed E-state index contributed by atoms with van der Waals surface area (Å²) in [5.74, 6) is -0.420. The number of esters is 1. The first-order chi connectivity index (χ1) is 8.84. The Labute approximate surface area is 108 Å². The number of carbonyl (C=O) groups is 1. The minimum atomic E-state index is -4.41. The molecule has 104 valence electrons. The maximum atomic E-state index is 12.4. The van der Waals surface area contributed by atoms with Gasteiger partial charge in [0.05, 0.1) is 12.7 Å². The molecular weight excluding hydrogens is 261 g/mol. The van der Waals surface area contributed by atoms with Crippen LogP contribution >= 0.6 is 0 Å². The summed E-state index contributed by atoms with van der Waals surface area (Å²) >= 11 is 0. The Morgan fingerprint density at radius 2 is 2.05 bits per heavy atom. The minimum absolute atomic E-state index is 0.0117. The molecule has 1 aromatic carbocycles. The standard InChI is InChI=1S/C13H13F3O3/c1-9(12(17)18-2)6-7-19-11-5-3-4-10(8-11)13(14,15)16/h3-6,8H,7H2,1-2H3. The van der Waals surface area contributed by atoms with Crippen LogP contribution in [0.1, 0.15) is 12.5 Å². The van der Waals surface area contributed by atoms with E-state index in [4.69, 9.17) is 4.74 Å². The molecule has 0 N–H and O–H groups in total. The molecule has 0 aliphatic carbocycles. The Balaban J connectivity index is 2.67. The Morgan fingerprint density at radius 3 is 2.63 bits per heavy atom. The second-order valence-electron chi connectivity index (χ2n) is 3.72. The normalized spacial score (nSPS) is 12.2. The first-order valence-electron chi connectivity index (χ1n) is 5.39. The van der Waals surface area contributed by atoms with Gasteiger partial charge in [0.25, 0.3) is 0 Å². The molecule has 0 unspecified atom stereocenters. The van der Waals surface area contributed by atoms with E-state index in [1.807, 2.05) is 0 Å². The summed E-state index contributed by atoms with van der Waals surface area (Å²) in [6, 6.07) is 4.54. The number of rotatable bonds is 4.